The molecule has 11 heteroatoms. The maximum absolute atomic E-state index is 15.4. The normalized spacial score (nSPS) is 12.0. The molecule has 5 aromatic rings. The van der Waals surface area contributed by atoms with E-state index in [1.165, 1.54) is 22.0 Å². The summed E-state index contributed by atoms with van der Waals surface area (Å²) in [6.07, 6.45) is 3.94. The topological polar surface area (TPSA) is 113 Å². The molecule has 0 spiro atoms. The van der Waals surface area contributed by atoms with E-state index in [1.54, 1.807) is 69.6 Å². The average molecular weight is 601 g/mol. The van der Waals surface area contributed by atoms with Gasteiger partial charge in [0.05, 0.1) is 23.0 Å². The highest BCUT2D eigenvalue weighted by Crippen LogP contribution is 2.33. The van der Waals surface area contributed by atoms with E-state index in [0.717, 1.165) is 11.1 Å². The van der Waals surface area contributed by atoms with E-state index in [0.29, 0.717) is 27.2 Å². The minimum Gasteiger partial charge on any atom is -0.387 e. The van der Waals surface area contributed by atoms with Gasteiger partial charge in [-0.3, -0.25) is 14.3 Å². The standard InChI is InChI=1S/C32H30ClFN6O3/c1-19(2)39(16-29(42)37-27-10-6-8-24(31(27)34)23-7-4-5-9-26(23)33)30(43)17-40-28-12-11-21(22-14-35-18-36-15-22)13-25(28)32(38-40)20(3)41/h4-15,18-20,41H,16-17H2,1-3H3,(H,37,42). The summed E-state index contributed by atoms with van der Waals surface area (Å²) >= 11 is 6.26. The molecule has 0 aliphatic rings. The van der Waals surface area contributed by atoms with Crippen molar-refractivity contribution in [2.45, 2.75) is 39.5 Å². The van der Waals surface area contributed by atoms with Gasteiger partial charge >= 0.3 is 0 Å². The van der Waals surface area contributed by atoms with Crippen LogP contribution in [0.2, 0.25) is 5.02 Å². The molecule has 1 unspecified atom stereocenters. The number of aliphatic hydroxyl groups is 1. The third-order valence-electron chi connectivity index (χ3n) is 7.05. The molecule has 1 atom stereocenters. The van der Waals surface area contributed by atoms with Crippen LogP contribution in [0.3, 0.4) is 0 Å². The summed E-state index contributed by atoms with van der Waals surface area (Å²) in [5, 5.41) is 18.6. The molecular formula is C32H30ClFN6O3. The van der Waals surface area contributed by atoms with Crippen LogP contribution in [0.5, 0.6) is 0 Å². The predicted octanol–water partition coefficient (Wildman–Crippen LogP) is 5.88. The Morgan fingerprint density at radius 1 is 1.00 bits per heavy atom. The number of benzene rings is 3. The van der Waals surface area contributed by atoms with Crippen LogP contribution < -0.4 is 5.32 Å². The Morgan fingerprint density at radius 2 is 1.72 bits per heavy atom. The van der Waals surface area contributed by atoms with E-state index in [2.05, 4.69) is 20.4 Å². The highest BCUT2D eigenvalue weighted by atomic mass is 35.5. The van der Waals surface area contributed by atoms with Gasteiger partial charge in [-0.2, -0.15) is 5.10 Å². The second-order valence-corrected chi connectivity index (χ2v) is 10.8. The van der Waals surface area contributed by atoms with Crippen molar-refractivity contribution in [3.8, 4) is 22.3 Å². The Morgan fingerprint density at radius 3 is 2.42 bits per heavy atom. The summed E-state index contributed by atoms with van der Waals surface area (Å²) in [7, 11) is 0. The van der Waals surface area contributed by atoms with E-state index < -0.39 is 17.8 Å². The molecule has 2 aromatic heterocycles. The molecule has 220 valence electrons. The first kappa shape index (κ1) is 29.8. The van der Waals surface area contributed by atoms with E-state index in [9.17, 15) is 14.7 Å². The van der Waals surface area contributed by atoms with Crippen molar-refractivity contribution in [2.24, 2.45) is 0 Å². The molecular weight excluding hydrogens is 571 g/mol. The summed E-state index contributed by atoms with van der Waals surface area (Å²) in [6.45, 7) is 4.73. The fraction of sp³-hybridized carbons (Fsp3) is 0.219. The maximum Gasteiger partial charge on any atom is 0.245 e. The summed E-state index contributed by atoms with van der Waals surface area (Å²) in [5.74, 6) is -1.54. The molecule has 0 fully saturated rings. The summed E-state index contributed by atoms with van der Waals surface area (Å²) in [6, 6.07) is 16.8. The number of fused-ring (bicyclic) bond motifs is 1. The van der Waals surface area contributed by atoms with Crippen LogP contribution in [0.15, 0.2) is 79.4 Å². The van der Waals surface area contributed by atoms with Gasteiger partial charge in [-0.1, -0.05) is 48.0 Å². The Balaban J connectivity index is 1.36. The summed E-state index contributed by atoms with van der Waals surface area (Å²) in [5.41, 5.74) is 3.45. The van der Waals surface area contributed by atoms with Crippen LogP contribution in [0, 0.1) is 5.82 Å². The number of nitrogens with zero attached hydrogens (tertiary/aromatic N) is 5. The second-order valence-electron chi connectivity index (χ2n) is 10.4. The molecule has 0 aliphatic heterocycles. The SMILES string of the molecule is CC(O)c1nn(CC(=O)N(CC(=O)Nc2cccc(-c3ccccc3Cl)c2F)C(C)C)c2ccc(-c3cncnc3)cc12. The van der Waals surface area contributed by atoms with Crippen molar-refractivity contribution in [2.75, 3.05) is 11.9 Å². The molecule has 3 aromatic carbocycles. The van der Waals surface area contributed by atoms with Gasteiger partial charge in [-0.05, 0) is 50.6 Å². The Kier molecular flexibility index (Phi) is 8.79. The Hall–Kier alpha value is -4.67. The van der Waals surface area contributed by atoms with E-state index in [-0.39, 0.29) is 36.3 Å². The van der Waals surface area contributed by atoms with Crippen molar-refractivity contribution in [3.63, 3.8) is 0 Å². The molecule has 0 saturated heterocycles. The summed E-state index contributed by atoms with van der Waals surface area (Å²) < 4.78 is 16.9. The van der Waals surface area contributed by atoms with Gasteiger partial charge in [0.2, 0.25) is 11.8 Å². The van der Waals surface area contributed by atoms with E-state index >= 15 is 4.39 Å². The number of hydrogen-bond acceptors (Lipinski definition) is 6. The molecule has 9 nitrogen and oxygen atoms in total. The molecule has 0 aliphatic carbocycles. The van der Waals surface area contributed by atoms with Crippen LogP contribution in [0.1, 0.15) is 32.6 Å². The molecule has 0 radical (unpaired) electrons. The maximum atomic E-state index is 15.4. The van der Waals surface area contributed by atoms with Gasteiger partial charge in [0.15, 0.2) is 5.82 Å². The highest BCUT2D eigenvalue weighted by Gasteiger charge is 2.24. The van der Waals surface area contributed by atoms with Crippen LogP contribution in [0.4, 0.5) is 10.1 Å². The third-order valence-corrected chi connectivity index (χ3v) is 7.38. The number of amides is 2. The van der Waals surface area contributed by atoms with Gasteiger partial charge in [0.1, 0.15) is 19.4 Å². The average Bonchev–Trinajstić information content (AvgIpc) is 3.35. The minimum absolute atomic E-state index is 0.0159. The van der Waals surface area contributed by atoms with Crippen molar-refractivity contribution >= 4 is 40.0 Å². The fourth-order valence-electron chi connectivity index (χ4n) is 4.90. The van der Waals surface area contributed by atoms with Gasteiger partial charge < -0.3 is 15.3 Å². The first-order valence-electron chi connectivity index (χ1n) is 13.7. The molecule has 2 amide bonds. The van der Waals surface area contributed by atoms with Crippen LogP contribution in [-0.2, 0) is 16.1 Å². The lowest BCUT2D eigenvalue weighted by molar-refractivity contribution is -0.137. The van der Waals surface area contributed by atoms with Gasteiger partial charge in [0, 0.05) is 45.5 Å². The first-order chi connectivity index (χ1) is 20.6. The minimum atomic E-state index is -0.885. The lowest BCUT2D eigenvalue weighted by atomic mass is 10.0. The summed E-state index contributed by atoms with van der Waals surface area (Å²) in [4.78, 5) is 36.1. The quantitative estimate of drug-likeness (QED) is 0.218. The molecule has 5 rings (SSSR count). The predicted molar refractivity (Wildman–Crippen MR) is 164 cm³/mol. The number of rotatable bonds is 9. The smallest absolute Gasteiger partial charge is 0.245 e. The zero-order valence-electron chi connectivity index (χ0n) is 23.8. The molecule has 2 N–H and O–H groups in total. The number of nitrogens with one attached hydrogen (secondary N) is 1. The van der Waals surface area contributed by atoms with Gasteiger partial charge in [0.25, 0.3) is 0 Å². The molecule has 2 heterocycles. The lowest BCUT2D eigenvalue weighted by Crippen LogP contribution is -2.44. The fourth-order valence-corrected chi connectivity index (χ4v) is 5.14. The molecule has 43 heavy (non-hydrogen) atoms. The van der Waals surface area contributed by atoms with Crippen molar-refractivity contribution in [3.05, 3.63) is 95.9 Å². The number of aliphatic hydroxyl groups excluding tert-OH is 1. The van der Waals surface area contributed by atoms with Crippen molar-refractivity contribution < 1.29 is 19.1 Å². The number of aromatic nitrogens is 4. The Bertz CT molecular complexity index is 1790. The second kappa shape index (κ2) is 12.7. The number of anilines is 1. The van der Waals surface area contributed by atoms with Gasteiger partial charge in [-0.25, -0.2) is 14.4 Å². The number of carbonyl (C=O) groups is 2. The van der Waals surface area contributed by atoms with Crippen molar-refractivity contribution in [1.82, 2.24) is 24.6 Å². The van der Waals surface area contributed by atoms with Gasteiger partial charge in [-0.15, -0.1) is 0 Å². The van der Waals surface area contributed by atoms with Crippen LogP contribution >= 0.6 is 11.6 Å². The Labute approximate surface area is 253 Å². The van der Waals surface area contributed by atoms with Crippen LogP contribution in [0.25, 0.3) is 33.2 Å². The highest BCUT2D eigenvalue weighted by molar-refractivity contribution is 6.33. The first-order valence-corrected chi connectivity index (χ1v) is 14.1. The number of carbonyl (C=O) groups excluding carboxylic acids is 2. The molecule has 0 saturated carbocycles. The zero-order chi connectivity index (χ0) is 30.7. The van der Waals surface area contributed by atoms with E-state index in [4.69, 9.17) is 11.6 Å². The number of hydrogen-bond donors (Lipinski definition) is 2. The number of halogens is 2. The van der Waals surface area contributed by atoms with Crippen molar-refractivity contribution in [1.29, 1.82) is 0 Å². The van der Waals surface area contributed by atoms with Crippen LogP contribution in [-0.4, -0.2) is 54.2 Å². The zero-order valence-corrected chi connectivity index (χ0v) is 24.6. The monoisotopic (exact) mass is 600 g/mol. The van der Waals surface area contributed by atoms with E-state index in [1.807, 2.05) is 18.2 Å². The third kappa shape index (κ3) is 6.40. The lowest BCUT2D eigenvalue weighted by Gasteiger charge is -2.26. The largest absolute Gasteiger partial charge is 0.387 e. The molecule has 0 bridgehead atoms.